The first-order valence-corrected chi connectivity index (χ1v) is 5.75. The minimum absolute atomic E-state index is 0.176. The molecule has 0 unspecified atom stereocenters. The Kier molecular flexibility index (Phi) is 3.46. The standard InChI is InChI=1S/C11H20N4O/c1-15-5-2-10(14-15)13-9-11(8-12)3-6-16-7-4-11/h2,5H,3-4,6-9,12H2,1H3,(H,13,14). The molecule has 90 valence electrons. The summed E-state index contributed by atoms with van der Waals surface area (Å²) in [6, 6.07) is 1.98. The van der Waals surface area contributed by atoms with E-state index in [2.05, 4.69) is 10.4 Å². The molecule has 2 rings (SSSR count). The van der Waals surface area contributed by atoms with Gasteiger partial charge >= 0.3 is 0 Å². The molecule has 5 heteroatoms. The summed E-state index contributed by atoms with van der Waals surface area (Å²) < 4.78 is 7.17. The van der Waals surface area contributed by atoms with Gasteiger partial charge in [-0.1, -0.05) is 0 Å². The third-order valence-electron chi connectivity index (χ3n) is 3.34. The minimum Gasteiger partial charge on any atom is -0.381 e. The van der Waals surface area contributed by atoms with Gasteiger partial charge in [0.2, 0.25) is 0 Å². The Morgan fingerprint density at radius 1 is 1.56 bits per heavy atom. The molecule has 0 radical (unpaired) electrons. The highest BCUT2D eigenvalue weighted by Crippen LogP contribution is 2.29. The van der Waals surface area contributed by atoms with Crippen molar-refractivity contribution in [2.24, 2.45) is 18.2 Å². The molecule has 0 atom stereocenters. The predicted octanol–water partition coefficient (Wildman–Crippen LogP) is 0.587. The summed E-state index contributed by atoms with van der Waals surface area (Å²) in [7, 11) is 1.92. The van der Waals surface area contributed by atoms with Crippen molar-refractivity contribution < 1.29 is 4.74 Å². The maximum Gasteiger partial charge on any atom is 0.147 e. The average molecular weight is 224 g/mol. The first-order chi connectivity index (χ1) is 7.74. The molecule has 1 saturated heterocycles. The lowest BCUT2D eigenvalue weighted by molar-refractivity contribution is 0.0252. The fourth-order valence-electron chi connectivity index (χ4n) is 2.04. The number of hydrogen-bond donors (Lipinski definition) is 2. The number of aryl methyl sites for hydroxylation is 1. The topological polar surface area (TPSA) is 65.1 Å². The van der Waals surface area contributed by atoms with Gasteiger partial charge in [-0.2, -0.15) is 5.10 Å². The summed E-state index contributed by atoms with van der Waals surface area (Å²) in [5.41, 5.74) is 6.06. The van der Waals surface area contributed by atoms with Crippen LogP contribution in [0.3, 0.4) is 0 Å². The lowest BCUT2D eigenvalue weighted by atomic mass is 9.80. The Balaban J connectivity index is 1.91. The zero-order valence-electron chi connectivity index (χ0n) is 9.78. The number of hydrogen-bond acceptors (Lipinski definition) is 4. The number of rotatable bonds is 4. The first kappa shape index (κ1) is 11.4. The van der Waals surface area contributed by atoms with Crippen LogP contribution in [0.5, 0.6) is 0 Å². The van der Waals surface area contributed by atoms with Crippen LogP contribution in [0.15, 0.2) is 12.3 Å². The molecular formula is C11H20N4O. The van der Waals surface area contributed by atoms with Crippen LogP contribution >= 0.6 is 0 Å². The second-order valence-electron chi connectivity index (χ2n) is 4.54. The molecule has 0 amide bonds. The van der Waals surface area contributed by atoms with Gasteiger partial charge in [-0.15, -0.1) is 0 Å². The van der Waals surface area contributed by atoms with E-state index in [-0.39, 0.29) is 5.41 Å². The van der Waals surface area contributed by atoms with E-state index in [4.69, 9.17) is 10.5 Å². The average Bonchev–Trinajstić information content (AvgIpc) is 2.74. The van der Waals surface area contributed by atoms with Crippen LogP contribution in [0.2, 0.25) is 0 Å². The van der Waals surface area contributed by atoms with Gasteiger partial charge in [0.25, 0.3) is 0 Å². The molecule has 16 heavy (non-hydrogen) atoms. The Bertz CT molecular complexity index is 330. The molecule has 0 aromatic carbocycles. The van der Waals surface area contributed by atoms with E-state index in [1.807, 2.05) is 19.3 Å². The fraction of sp³-hybridized carbons (Fsp3) is 0.727. The van der Waals surface area contributed by atoms with Crippen molar-refractivity contribution in [2.75, 3.05) is 31.6 Å². The Hall–Kier alpha value is -1.07. The van der Waals surface area contributed by atoms with E-state index in [1.54, 1.807) is 4.68 Å². The van der Waals surface area contributed by atoms with Crippen LogP contribution < -0.4 is 11.1 Å². The zero-order chi connectivity index (χ0) is 11.4. The summed E-state index contributed by atoms with van der Waals surface area (Å²) in [6.45, 7) is 3.22. The highest BCUT2D eigenvalue weighted by molar-refractivity contribution is 5.32. The van der Waals surface area contributed by atoms with Crippen LogP contribution in [0, 0.1) is 5.41 Å². The highest BCUT2D eigenvalue weighted by Gasteiger charge is 2.31. The number of nitrogens with one attached hydrogen (secondary N) is 1. The van der Waals surface area contributed by atoms with E-state index in [0.717, 1.165) is 38.4 Å². The quantitative estimate of drug-likeness (QED) is 0.785. The summed E-state index contributed by atoms with van der Waals surface area (Å²) in [5.74, 6) is 0.918. The van der Waals surface area contributed by atoms with Crippen molar-refractivity contribution in [3.63, 3.8) is 0 Å². The lowest BCUT2D eigenvalue weighted by Crippen LogP contribution is -2.42. The van der Waals surface area contributed by atoms with E-state index < -0.39 is 0 Å². The van der Waals surface area contributed by atoms with Gasteiger partial charge in [-0.25, -0.2) is 0 Å². The smallest absolute Gasteiger partial charge is 0.147 e. The summed E-state index contributed by atoms with van der Waals surface area (Å²) >= 11 is 0. The van der Waals surface area contributed by atoms with E-state index in [1.165, 1.54) is 0 Å². The van der Waals surface area contributed by atoms with Gasteiger partial charge in [-0.3, -0.25) is 4.68 Å². The van der Waals surface area contributed by atoms with Crippen LogP contribution in [-0.2, 0) is 11.8 Å². The van der Waals surface area contributed by atoms with Crippen molar-refractivity contribution >= 4 is 5.82 Å². The van der Waals surface area contributed by atoms with Crippen LogP contribution in [0.25, 0.3) is 0 Å². The van der Waals surface area contributed by atoms with Crippen molar-refractivity contribution in [2.45, 2.75) is 12.8 Å². The van der Waals surface area contributed by atoms with Crippen LogP contribution in [-0.4, -0.2) is 36.1 Å². The molecule has 0 spiro atoms. The van der Waals surface area contributed by atoms with Crippen LogP contribution in [0.1, 0.15) is 12.8 Å². The molecule has 0 saturated carbocycles. The van der Waals surface area contributed by atoms with Crippen molar-refractivity contribution in [1.82, 2.24) is 9.78 Å². The molecule has 2 heterocycles. The van der Waals surface area contributed by atoms with Crippen molar-refractivity contribution in [3.8, 4) is 0 Å². The molecule has 1 aliphatic heterocycles. The van der Waals surface area contributed by atoms with Crippen molar-refractivity contribution in [3.05, 3.63) is 12.3 Å². The molecule has 1 aromatic rings. The highest BCUT2D eigenvalue weighted by atomic mass is 16.5. The second kappa shape index (κ2) is 4.84. The monoisotopic (exact) mass is 224 g/mol. The van der Waals surface area contributed by atoms with E-state index in [9.17, 15) is 0 Å². The third-order valence-corrected chi connectivity index (χ3v) is 3.34. The van der Waals surface area contributed by atoms with Gasteiger partial charge in [0.1, 0.15) is 5.82 Å². The molecule has 0 aliphatic carbocycles. The minimum atomic E-state index is 0.176. The van der Waals surface area contributed by atoms with E-state index in [0.29, 0.717) is 6.54 Å². The molecular weight excluding hydrogens is 204 g/mol. The molecule has 5 nitrogen and oxygen atoms in total. The molecule has 0 bridgehead atoms. The second-order valence-corrected chi connectivity index (χ2v) is 4.54. The molecule has 3 N–H and O–H groups in total. The van der Waals surface area contributed by atoms with Crippen molar-refractivity contribution in [1.29, 1.82) is 0 Å². The van der Waals surface area contributed by atoms with Gasteiger partial charge in [0, 0.05) is 44.5 Å². The zero-order valence-corrected chi connectivity index (χ0v) is 9.78. The molecule has 1 aliphatic rings. The summed E-state index contributed by atoms with van der Waals surface area (Å²) in [4.78, 5) is 0. The predicted molar refractivity (Wildman–Crippen MR) is 63.2 cm³/mol. The normalized spacial score (nSPS) is 19.6. The summed E-state index contributed by atoms with van der Waals surface area (Å²) in [5, 5.41) is 7.65. The Morgan fingerprint density at radius 3 is 2.88 bits per heavy atom. The first-order valence-electron chi connectivity index (χ1n) is 5.75. The largest absolute Gasteiger partial charge is 0.381 e. The SMILES string of the molecule is Cn1ccc(NCC2(CN)CCOCC2)n1. The van der Waals surface area contributed by atoms with Gasteiger partial charge < -0.3 is 15.8 Å². The van der Waals surface area contributed by atoms with Gasteiger partial charge in [0.15, 0.2) is 0 Å². The van der Waals surface area contributed by atoms with E-state index >= 15 is 0 Å². The Labute approximate surface area is 96.0 Å². The molecule has 1 aromatic heterocycles. The van der Waals surface area contributed by atoms with Gasteiger partial charge in [0.05, 0.1) is 0 Å². The lowest BCUT2D eigenvalue weighted by Gasteiger charge is -2.36. The fourth-order valence-corrected chi connectivity index (χ4v) is 2.04. The number of anilines is 1. The number of ether oxygens (including phenoxy) is 1. The van der Waals surface area contributed by atoms with Gasteiger partial charge in [-0.05, 0) is 19.4 Å². The Morgan fingerprint density at radius 2 is 2.31 bits per heavy atom. The number of nitrogens with zero attached hydrogens (tertiary/aromatic N) is 2. The number of nitrogens with two attached hydrogens (primary N) is 1. The third kappa shape index (κ3) is 2.54. The maximum absolute atomic E-state index is 5.89. The number of aromatic nitrogens is 2. The van der Waals surface area contributed by atoms with Crippen LogP contribution in [0.4, 0.5) is 5.82 Å². The molecule has 1 fully saturated rings. The summed E-state index contributed by atoms with van der Waals surface area (Å²) in [6.07, 6.45) is 3.99. The maximum atomic E-state index is 5.89.